The Balaban J connectivity index is 2.02. The predicted molar refractivity (Wildman–Crippen MR) is 68.2 cm³/mol. The smallest absolute Gasteiger partial charge is 0.0991 e. The second-order valence-electron chi connectivity index (χ2n) is 5.11. The van der Waals surface area contributed by atoms with Gasteiger partial charge in [0.2, 0.25) is 0 Å². The van der Waals surface area contributed by atoms with Gasteiger partial charge in [-0.1, -0.05) is 19.1 Å². The Morgan fingerprint density at radius 1 is 1.47 bits per heavy atom. The molecule has 2 atom stereocenters. The minimum absolute atomic E-state index is 0.290. The highest BCUT2D eigenvalue weighted by Gasteiger charge is 2.21. The summed E-state index contributed by atoms with van der Waals surface area (Å²) in [6.07, 6.45) is 1.12. The van der Waals surface area contributed by atoms with Gasteiger partial charge in [0, 0.05) is 25.7 Å². The van der Waals surface area contributed by atoms with Gasteiger partial charge in [0.25, 0.3) is 0 Å². The lowest BCUT2D eigenvalue weighted by Gasteiger charge is -2.34. The highest BCUT2D eigenvalue weighted by atomic mass is 15.1. The number of nitrogens with zero attached hydrogens (tertiary/aromatic N) is 2. The van der Waals surface area contributed by atoms with Crippen LogP contribution in [0.4, 0.5) is 0 Å². The van der Waals surface area contributed by atoms with Crippen molar-refractivity contribution in [2.24, 2.45) is 11.7 Å². The molecule has 0 amide bonds. The quantitative estimate of drug-likeness (QED) is 0.840. The van der Waals surface area contributed by atoms with Gasteiger partial charge in [-0.3, -0.25) is 4.90 Å². The number of nitrogens with two attached hydrogens (primary N) is 1. The fourth-order valence-corrected chi connectivity index (χ4v) is 2.64. The Morgan fingerprint density at radius 2 is 2.29 bits per heavy atom. The van der Waals surface area contributed by atoms with Crippen LogP contribution in [0.25, 0.3) is 0 Å². The minimum Gasteiger partial charge on any atom is -0.327 e. The van der Waals surface area contributed by atoms with Gasteiger partial charge in [-0.25, -0.2) is 0 Å². The average Bonchev–Trinajstić information content (AvgIpc) is 2.28. The number of nitriles is 1. The second kappa shape index (κ2) is 5.31. The summed E-state index contributed by atoms with van der Waals surface area (Å²) in [6.45, 7) is 5.21. The van der Waals surface area contributed by atoms with E-state index < -0.39 is 0 Å². The molecule has 3 nitrogen and oxygen atoms in total. The third-order valence-corrected chi connectivity index (χ3v) is 3.23. The molecule has 1 aliphatic heterocycles. The number of rotatable bonds is 2. The molecule has 0 spiro atoms. The molecule has 1 saturated heterocycles. The van der Waals surface area contributed by atoms with Gasteiger partial charge in [0.1, 0.15) is 0 Å². The number of hydrogen-bond acceptors (Lipinski definition) is 3. The molecule has 1 aromatic rings. The number of piperidine rings is 1. The van der Waals surface area contributed by atoms with Gasteiger partial charge in [0.15, 0.2) is 0 Å². The zero-order valence-electron chi connectivity index (χ0n) is 10.3. The molecule has 2 unspecified atom stereocenters. The summed E-state index contributed by atoms with van der Waals surface area (Å²) in [6, 6.07) is 10.3. The molecule has 1 aliphatic rings. The second-order valence-corrected chi connectivity index (χ2v) is 5.11. The summed E-state index contributed by atoms with van der Waals surface area (Å²) in [7, 11) is 0. The first-order valence-electron chi connectivity index (χ1n) is 6.14. The zero-order chi connectivity index (χ0) is 12.3. The Morgan fingerprint density at radius 3 is 3.00 bits per heavy atom. The van der Waals surface area contributed by atoms with Crippen molar-refractivity contribution in [2.75, 3.05) is 13.1 Å². The summed E-state index contributed by atoms with van der Waals surface area (Å²) < 4.78 is 0. The van der Waals surface area contributed by atoms with E-state index in [-0.39, 0.29) is 6.04 Å². The van der Waals surface area contributed by atoms with Crippen LogP contribution in [0, 0.1) is 17.2 Å². The molecule has 1 heterocycles. The van der Waals surface area contributed by atoms with E-state index in [0.717, 1.165) is 31.6 Å². The van der Waals surface area contributed by atoms with E-state index in [4.69, 9.17) is 11.0 Å². The van der Waals surface area contributed by atoms with Gasteiger partial charge in [0.05, 0.1) is 11.6 Å². The lowest BCUT2D eigenvalue weighted by Crippen LogP contribution is -2.45. The van der Waals surface area contributed by atoms with Crippen molar-refractivity contribution in [3.05, 3.63) is 35.4 Å². The molecule has 1 aromatic carbocycles. The summed E-state index contributed by atoms with van der Waals surface area (Å²) in [4.78, 5) is 2.38. The third kappa shape index (κ3) is 3.29. The molecule has 0 aliphatic carbocycles. The number of hydrogen-bond donors (Lipinski definition) is 1. The first-order valence-corrected chi connectivity index (χ1v) is 6.14. The molecule has 0 bridgehead atoms. The lowest BCUT2D eigenvalue weighted by molar-refractivity contribution is 0.158. The standard InChI is InChI=1S/C14H19N3/c1-11-5-14(16)10-17(8-11)9-13-4-2-3-12(6-13)7-15/h2-4,6,11,14H,5,8-10,16H2,1H3. The molecule has 17 heavy (non-hydrogen) atoms. The van der Waals surface area contributed by atoms with Crippen LogP contribution < -0.4 is 5.73 Å². The van der Waals surface area contributed by atoms with Crippen molar-refractivity contribution in [3.63, 3.8) is 0 Å². The molecule has 0 radical (unpaired) electrons. The monoisotopic (exact) mass is 229 g/mol. The predicted octanol–water partition coefficient (Wildman–Crippen LogP) is 1.73. The Kier molecular flexibility index (Phi) is 3.78. The van der Waals surface area contributed by atoms with Crippen LogP contribution in [0.3, 0.4) is 0 Å². The topological polar surface area (TPSA) is 53.0 Å². The zero-order valence-corrected chi connectivity index (χ0v) is 10.3. The van der Waals surface area contributed by atoms with Crippen LogP contribution >= 0.6 is 0 Å². The molecule has 90 valence electrons. The lowest BCUT2D eigenvalue weighted by atomic mass is 9.96. The largest absolute Gasteiger partial charge is 0.327 e. The van der Waals surface area contributed by atoms with Crippen LogP contribution in [0.15, 0.2) is 24.3 Å². The van der Waals surface area contributed by atoms with E-state index >= 15 is 0 Å². The average molecular weight is 229 g/mol. The van der Waals surface area contributed by atoms with Gasteiger partial charge < -0.3 is 5.73 Å². The highest BCUT2D eigenvalue weighted by Crippen LogP contribution is 2.17. The summed E-state index contributed by atoms with van der Waals surface area (Å²) in [5.74, 6) is 0.665. The molecule has 2 rings (SSSR count). The van der Waals surface area contributed by atoms with Gasteiger partial charge in [-0.05, 0) is 30.0 Å². The van der Waals surface area contributed by atoms with E-state index in [1.165, 1.54) is 5.56 Å². The molecule has 1 fully saturated rings. The van der Waals surface area contributed by atoms with Crippen molar-refractivity contribution >= 4 is 0 Å². The fraction of sp³-hybridized carbons (Fsp3) is 0.500. The van der Waals surface area contributed by atoms with Crippen molar-refractivity contribution < 1.29 is 0 Å². The third-order valence-electron chi connectivity index (χ3n) is 3.23. The SMILES string of the molecule is CC1CC(N)CN(Cc2cccc(C#N)c2)C1. The summed E-state index contributed by atoms with van der Waals surface area (Å²) >= 11 is 0. The Hall–Kier alpha value is -1.37. The van der Waals surface area contributed by atoms with Gasteiger partial charge in [-0.2, -0.15) is 5.26 Å². The fourth-order valence-electron chi connectivity index (χ4n) is 2.64. The van der Waals surface area contributed by atoms with Crippen LogP contribution in [0.5, 0.6) is 0 Å². The number of likely N-dealkylation sites (tertiary alicyclic amines) is 1. The molecule has 0 saturated carbocycles. The van der Waals surface area contributed by atoms with Crippen LogP contribution in [0.2, 0.25) is 0 Å². The van der Waals surface area contributed by atoms with Gasteiger partial charge >= 0.3 is 0 Å². The van der Waals surface area contributed by atoms with Crippen molar-refractivity contribution in [2.45, 2.75) is 25.9 Å². The summed E-state index contributed by atoms with van der Waals surface area (Å²) in [5, 5.41) is 8.87. The molecular weight excluding hydrogens is 210 g/mol. The van der Waals surface area contributed by atoms with E-state index in [9.17, 15) is 0 Å². The van der Waals surface area contributed by atoms with Crippen LogP contribution in [0.1, 0.15) is 24.5 Å². The van der Waals surface area contributed by atoms with E-state index in [1.54, 1.807) is 0 Å². The van der Waals surface area contributed by atoms with E-state index in [0.29, 0.717) is 5.92 Å². The van der Waals surface area contributed by atoms with Crippen LogP contribution in [-0.2, 0) is 6.54 Å². The van der Waals surface area contributed by atoms with E-state index in [1.807, 2.05) is 18.2 Å². The maximum atomic E-state index is 8.87. The molecule has 2 N–H and O–H groups in total. The first kappa shape index (κ1) is 12.1. The molecular formula is C14H19N3. The van der Waals surface area contributed by atoms with Crippen LogP contribution in [-0.4, -0.2) is 24.0 Å². The van der Waals surface area contributed by atoms with Crippen molar-refractivity contribution in [1.29, 1.82) is 5.26 Å². The maximum Gasteiger partial charge on any atom is 0.0991 e. The first-order chi connectivity index (χ1) is 8.17. The number of benzene rings is 1. The Bertz CT molecular complexity index is 412. The van der Waals surface area contributed by atoms with Crippen molar-refractivity contribution in [3.8, 4) is 6.07 Å². The van der Waals surface area contributed by atoms with E-state index in [2.05, 4.69) is 24.0 Å². The normalized spacial score (nSPS) is 25.5. The van der Waals surface area contributed by atoms with Crippen molar-refractivity contribution in [1.82, 2.24) is 4.90 Å². The molecule has 0 aromatic heterocycles. The van der Waals surface area contributed by atoms with Gasteiger partial charge in [-0.15, -0.1) is 0 Å². The maximum absolute atomic E-state index is 8.87. The molecule has 3 heteroatoms. The highest BCUT2D eigenvalue weighted by molar-refractivity contribution is 5.32. The minimum atomic E-state index is 0.290. The summed E-state index contributed by atoms with van der Waals surface area (Å²) in [5.41, 5.74) is 7.96. The Labute approximate surface area is 103 Å².